The molecule has 0 fully saturated rings. The molecule has 25 heavy (non-hydrogen) atoms. The van der Waals surface area contributed by atoms with Crippen LogP contribution >= 0.6 is 0 Å². The molecular formula is C19H20N4O2. The maximum Gasteiger partial charge on any atom is 0.142 e. The number of nitrogens with zero attached hydrogens (tertiary/aromatic N) is 2. The van der Waals surface area contributed by atoms with Crippen molar-refractivity contribution in [2.24, 2.45) is 0 Å². The van der Waals surface area contributed by atoms with Gasteiger partial charge in [-0.25, -0.2) is 9.97 Å². The molecule has 1 aromatic heterocycles. The van der Waals surface area contributed by atoms with Crippen LogP contribution in [0.2, 0.25) is 0 Å². The Morgan fingerprint density at radius 2 is 1.48 bits per heavy atom. The zero-order valence-electron chi connectivity index (χ0n) is 14.4. The van der Waals surface area contributed by atoms with Crippen molar-refractivity contribution < 1.29 is 9.47 Å². The summed E-state index contributed by atoms with van der Waals surface area (Å²) in [7, 11) is 3.29. The van der Waals surface area contributed by atoms with Gasteiger partial charge in [0.1, 0.15) is 29.0 Å². The number of nitrogens with one attached hydrogen (secondary N) is 2. The van der Waals surface area contributed by atoms with Gasteiger partial charge >= 0.3 is 0 Å². The van der Waals surface area contributed by atoms with Gasteiger partial charge in [0, 0.05) is 11.8 Å². The fourth-order valence-corrected chi connectivity index (χ4v) is 2.40. The number of anilines is 4. The van der Waals surface area contributed by atoms with Gasteiger partial charge in [-0.2, -0.15) is 0 Å². The number of ether oxygens (including phenoxy) is 2. The number of hydrogen-bond acceptors (Lipinski definition) is 6. The summed E-state index contributed by atoms with van der Waals surface area (Å²) in [6.07, 6.45) is 0. The van der Waals surface area contributed by atoms with Crippen molar-refractivity contribution >= 4 is 23.0 Å². The van der Waals surface area contributed by atoms with Crippen LogP contribution in [0.25, 0.3) is 0 Å². The summed E-state index contributed by atoms with van der Waals surface area (Å²) in [5.41, 5.74) is 1.76. The molecular weight excluding hydrogens is 316 g/mol. The highest BCUT2D eigenvalue weighted by Gasteiger charge is 2.06. The molecule has 6 heteroatoms. The summed E-state index contributed by atoms with van der Waals surface area (Å²) in [6, 6.07) is 17.2. The Morgan fingerprint density at radius 1 is 0.800 bits per heavy atom. The molecule has 0 saturated carbocycles. The van der Waals surface area contributed by atoms with Crippen molar-refractivity contribution in [3.63, 3.8) is 0 Å². The molecule has 3 rings (SSSR count). The van der Waals surface area contributed by atoms with Gasteiger partial charge in [0.2, 0.25) is 0 Å². The van der Waals surface area contributed by atoms with E-state index in [0.717, 1.165) is 22.9 Å². The number of para-hydroxylation sites is 2. The Balaban J connectivity index is 1.82. The minimum absolute atomic E-state index is 0.663. The first-order valence-corrected chi connectivity index (χ1v) is 7.85. The van der Waals surface area contributed by atoms with Crippen LogP contribution in [0.4, 0.5) is 23.0 Å². The lowest BCUT2D eigenvalue weighted by atomic mass is 10.3. The van der Waals surface area contributed by atoms with E-state index < -0.39 is 0 Å². The quantitative estimate of drug-likeness (QED) is 0.700. The zero-order chi connectivity index (χ0) is 17.6. The molecule has 1 heterocycles. The van der Waals surface area contributed by atoms with Crippen LogP contribution in [0, 0.1) is 6.92 Å². The average Bonchev–Trinajstić information content (AvgIpc) is 2.62. The third-order valence-corrected chi connectivity index (χ3v) is 3.57. The topological polar surface area (TPSA) is 68.3 Å². The molecule has 0 atom stereocenters. The summed E-state index contributed by atoms with van der Waals surface area (Å²) >= 11 is 0. The lowest BCUT2D eigenvalue weighted by molar-refractivity contribution is 0.415. The number of hydrogen-bond donors (Lipinski definition) is 2. The Morgan fingerprint density at radius 3 is 2.16 bits per heavy atom. The maximum absolute atomic E-state index is 5.36. The van der Waals surface area contributed by atoms with E-state index >= 15 is 0 Å². The SMILES string of the molecule is COc1ccc(Nc2cc(Nc3ccccc3OC)nc(C)n2)cc1. The highest BCUT2D eigenvalue weighted by molar-refractivity contribution is 5.67. The molecule has 0 aliphatic rings. The van der Waals surface area contributed by atoms with Crippen molar-refractivity contribution in [3.05, 3.63) is 60.4 Å². The van der Waals surface area contributed by atoms with E-state index in [1.54, 1.807) is 14.2 Å². The van der Waals surface area contributed by atoms with Crippen molar-refractivity contribution in [1.29, 1.82) is 0 Å². The molecule has 3 aromatic rings. The van der Waals surface area contributed by atoms with Crippen molar-refractivity contribution in [2.75, 3.05) is 24.9 Å². The molecule has 0 saturated heterocycles. The van der Waals surface area contributed by atoms with Crippen LogP contribution < -0.4 is 20.1 Å². The molecule has 0 spiro atoms. The van der Waals surface area contributed by atoms with Crippen molar-refractivity contribution in [1.82, 2.24) is 9.97 Å². The molecule has 128 valence electrons. The molecule has 0 radical (unpaired) electrons. The van der Waals surface area contributed by atoms with Crippen LogP contribution in [0.15, 0.2) is 54.6 Å². The first kappa shape index (κ1) is 16.6. The van der Waals surface area contributed by atoms with Crippen LogP contribution in [0.3, 0.4) is 0 Å². The number of rotatable bonds is 6. The van der Waals surface area contributed by atoms with Gasteiger partial charge in [0.25, 0.3) is 0 Å². The fraction of sp³-hybridized carbons (Fsp3) is 0.158. The van der Waals surface area contributed by atoms with E-state index in [2.05, 4.69) is 20.6 Å². The minimum atomic E-state index is 0.663. The summed E-state index contributed by atoms with van der Waals surface area (Å²) < 4.78 is 10.5. The second-order valence-corrected chi connectivity index (χ2v) is 5.36. The maximum atomic E-state index is 5.36. The van der Waals surface area contributed by atoms with Gasteiger partial charge in [-0.15, -0.1) is 0 Å². The Hall–Kier alpha value is -3.28. The van der Waals surface area contributed by atoms with E-state index in [4.69, 9.17) is 9.47 Å². The smallest absolute Gasteiger partial charge is 0.142 e. The van der Waals surface area contributed by atoms with E-state index in [1.807, 2.05) is 61.5 Å². The van der Waals surface area contributed by atoms with Gasteiger partial charge in [-0.3, -0.25) is 0 Å². The second-order valence-electron chi connectivity index (χ2n) is 5.36. The summed E-state index contributed by atoms with van der Waals surface area (Å²) in [6.45, 7) is 1.85. The molecule has 2 aromatic carbocycles. The lowest BCUT2D eigenvalue weighted by Crippen LogP contribution is -2.02. The molecule has 0 aliphatic carbocycles. The average molecular weight is 336 g/mol. The molecule has 0 aliphatic heterocycles. The fourth-order valence-electron chi connectivity index (χ4n) is 2.40. The number of benzene rings is 2. The molecule has 0 unspecified atom stereocenters. The standard InChI is InChI=1S/C19H20N4O2/c1-13-20-18(22-14-8-10-15(24-2)11-9-14)12-19(21-13)23-16-6-4-5-7-17(16)25-3/h4-12H,1-3H3,(H2,20,21,22,23). The van der Waals surface area contributed by atoms with Crippen LogP contribution in [0.1, 0.15) is 5.82 Å². The minimum Gasteiger partial charge on any atom is -0.497 e. The van der Waals surface area contributed by atoms with E-state index in [0.29, 0.717) is 17.5 Å². The predicted molar refractivity (Wildman–Crippen MR) is 99.3 cm³/mol. The Bertz CT molecular complexity index is 850. The predicted octanol–water partition coefficient (Wildman–Crippen LogP) is 4.29. The Kier molecular flexibility index (Phi) is 4.99. The van der Waals surface area contributed by atoms with Gasteiger partial charge in [0.05, 0.1) is 19.9 Å². The van der Waals surface area contributed by atoms with Crippen molar-refractivity contribution in [2.45, 2.75) is 6.92 Å². The number of aromatic nitrogens is 2. The zero-order valence-corrected chi connectivity index (χ0v) is 14.4. The van der Waals surface area contributed by atoms with Gasteiger partial charge in [-0.1, -0.05) is 12.1 Å². The van der Waals surface area contributed by atoms with E-state index in [9.17, 15) is 0 Å². The lowest BCUT2D eigenvalue weighted by Gasteiger charge is -2.12. The largest absolute Gasteiger partial charge is 0.497 e. The highest BCUT2D eigenvalue weighted by Crippen LogP contribution is 2.27. The highest BCUT2D eigenvalue weighted by atomic mass is 16.5. The normalized spacial score (nSPS) is 10.2. The second kappa shape index (κ2) is 7.53. The van der Waals surface area contributed by atoms with Crippen LogP contribution in [-0.2, 0) is 0 Å². The van der Waals surface area contributed by atoms with Gasteiger partial charge in [0.15, 0.2) is 0 Å². The van der Waals surface area contributed by atoms with E-state index in [-0.39, 0.29) is 0 Å². The molecule has 0 bridgehead atoms. The molecule has 6 nitrogen and oxygen atoms in total. The molecule has 0 amide bonds. The summed E-state index contributed by atoms with van der Waals surface area (Å²) in [5, 5.41) is 6.55. The van der Waals surface area contributed by atoms with Crippen LogP contribution in [0.5, 0.6) is 11.5 Å². The van der Waals surface area contributed by atoms with E-state index in [1.165, 1.54) is 0 Å². The van der Waals surface area contributed by atoms with Gasteiger partial charge < -0.3 is 20.1 Å². The summed E-state index contributed by atoms with van der Waals surface area (Å²) in [4.78, 5) is 8.87. The summed E-state index contributed by atoms with van der Waals surface area (Å²) in [5.74, 6) is 3.62. The third-order valence-electron chi connectivity index (χ3n) is 3.57. The number of aryl methyl sites for hydroxylation is 1. The van der Waals surface area contributed by atoms with Gasteiger partial charge in [-0.05, 0) is 43.3 Å². The number of methoxy groups -OCH3 is 2. The molecule has 2 N–H and O–H groups in total. The van der Waals surface area contributed by atoms with Crippen molar-refractivity contribution in [3.8, 4) is 11.5 Å². The first-order chi connectivity index (χ1) is 12.2. The van der Waals surface area contributed by atoms with Crippen LogP contribution in [-0.4, -0.2) is 24.2 Å². The first-order valence-electron chi connectivity index (χ1n) is 7.85. The Labute approximate surface area is 146 Å². The monoisotopic (exact) mass is 336 g/mol. The third kappa shape index (κ3) is 4.17.